The lowest BCUT2D eigenvalue weighted by Gasteiger charge is -2.06. The fourth-order valence-corrected chi connectivity index (χ4v) is 4.71. The summed E-state index contributed by atoms with van der Waals surface area (Å²) in [5.74, 6) is -0.224. The van der Waals surface area contributed by atoms with Crippen LogP contribution in [0.5, 0.6) is 11.5 Å². The third-order valence-corrected chi connectivity index (χ3v) is 6.51. The molecule has 10 heteroatoms. The summed E-state index contributed by atoms with van der Waals surface area (Å²) in [7, 11) is 0. The largest absolute Gasteiger partial charge is 0.462 e. The van der Waals surface area contributed by atoms with E-state index in [1.165, 1.54) is 11.3 Å². The van der Waals surface area contributed by atoms with Crippen LogP contribution in [0.1, 0.15) is 42.2 Å². The van der Waals surface area contributed by atoms with Gasteiger partial charge >= 0.3 is 5.97 Å². The second kappa shape index (κ2) is 8.78. The minimum atomic E-state index is -0.597. The molecule has 31 heavy (non-hydrogen) atoms. The summed E-state index contributed by atoms with van der Waals surface area (Å²) in [5.41, 5.74) is 1.12. The Bertz CT molecular complexity index is 1150. The molecule has 0 saturated carbocycles. The van der Waals surface area contributed by atoms with Crippen LogP contribution in [0.2, 0.25) is 0 Å². The monoisotopic (exact) mass is 458 g/mol. The van der Waals surface area contributed by atoms with Crippen LogP contribution in [0.15, 0.2) is 35.7 Å². The normalized spacial score (nSPS) is 11.8. The van der Waals surface area contributed by atoms with Crippen molar-refractivity contribution >= 4 is 51.1 Å². The lowest BCUT2D eigenvalue weighted by molar-refractivity contribution is 0.0527. The predicted octanol–water partition coefficient (Wildman–Crippen LogP) is 4.53. The first-order valence-electron chi connectivity index (χ1n) is 9.34. The molecule has 0 spiro atoms. The Morgan fingerprint density at radius 2 is 1.90 bits per heavy atom. The number of benzene rings is 1. The highest BCUT2D eigenvalue weighted by atomic mass is 32.1. The Balaban J connectivity index is 1.63. The van der Waals surface area contributed by atoms with Gasteiger partial charge in [-0.3, -0.25) is 9.59 Å². The lowest BCUT2D eigenvalue weighted by Crippen LogP contribution is -2.14. The maximum Gasteiger partial charge on any atom is 0.341 e. The molecular weight excluding hydrogens is 440 g/mol. The number of rotatable bonds is 6. The van der Waals surface area contributed by atoms with Crippen molar-refractivity contribution < 1.29 is 28.6 Å². The molecule has 0 fully saturated rings. The van der Waals surface area contributed by atoms with E-state index < -0.39 is 11.9 Å². The number of thiophene rings is 2. The SMILES string of the molecule is CCOC(=O)c1c(NC(=O)c2cccs2)sc(C(=O)Nc2ccc3c(c2)OCO3)c1C. The van der Waals surface area contributed by atoms with Gasteiger partial charge in [0.25, 0.3) is 11.8 Å². The van der Waals surface area contributed by atoms with Gasteiger partial charge in [-0.15, -0.1) is 22.7 Å². The molecule has 3 heterocycles. The highest BCUT2D eigenvalue weighted by molar-refractivity contribution is 7.19. The van der Waals surface area contributed by atoms with E-state index in [-0.39, 0.29) is 29.9 Å². The molecule has 1 aliphatic heterocycles. The Morgan fingerprint density at radius 3 is 2.65 bits per heavy atom. The van der Waals surface area contributed by atoms with Gasteiger partial charge in [-0.1, -0.05) is 6.07 Å². The van der Waals surface area contributed by atoms with Crippen LogP contribution in [-0.2, 0) is 4.74 Å². The van der Waals surface area contributed by atoms with E-state index in [0.29, 0.717) is 32.5 Å². The van der Waals surface area contributed by atoms with Crippen molar-refractivity contribution in [1.82, 2.24) is 0 Å². The third-order valence-electron chi connectivity index (χ3n) is 4.44. The summed E-state index contributed by atoms with van der Waals surface area (Å²) >= 11 is 2.30. The molecule has 2 N–H and O–H groups in total. The molecular formula is C21H18N2O6S2. The highest BCUT2D eigenvalue weighted by Crippen LogP contribution is 2.37. The Labute approximate surface area is 185 Å². The van der Waals surface area contributed by atoms with Crippen molar-refractivity contribution in [2.24, 2.45) is 0 Å². The highest BCUT2D eigenvalue weighted by Gasteiger charge is 2.27. The first-order valence-corrected chi connectivity index (χ1v) is 11.0. The average Bonchev–Trinajstić information content (AvgIpc) is 3.48. The van der Waals surface area contributed by atoms with Crippen molar-refractivity contribution in [3.05, 3.63) is 56.6 Å². The molecule has 0 atom stereocenters. The lowest BCUT2D eigenvalue weighted by atomic mass is 10.1. The van der Waals surface area contributed by atoms with E-state index in [9.17, 15) is 14.4 Å². The fourth-order valence-electron chi connectivity index (χ4n) is 3.00. The Hall–Kier alpha value is -3.37. The maximum absolute atomic E-state index is 13.0. The van der Waals surface area contributed by atoms with Gasteiger partial charge in [-0.05, 0) is 43.0 Å². The summed E-state index contributed by atoms with van der Waals surface area (Å²) < 4.78 is 15.7. The van der Waals surface area contributed by atoms with Crippen molar-refractivity contribution in [2.45, 2.75) is 13.8 Å². The van der Waals surface area contributed by atoms with E-state index in [0.717, 1.165) is 11.3 Å². The molecule has 4 rings (SSSR count). The molecule has 0 bridgehead atoms. The summed E-state index contributed by atoms with van der Waals surface area (Å²) in [5, 5.41) is 7.58. The van der Waals surface area contributed by atoms with Crippen LogP contribution in [0.25, 0.3) is 0 Å². The number of nitrogens with one attached hydrogen (secondary N) is 2. The van der Waals surface area contributed by atoms with Gasteiger partial charge in [-0.2, -0.15) is 0 Å². The van der Waals surface area contributed by atoms with Crippen molar-refractivity contribution in [2.75, 3.05) is 24.0 Å². The molecule has 2 aromatic heterocycles. The standard InChI is InChI=1S/C21H18N2O6S2/c1-3-27-21(26)16-11(2)17(31-20(16)23-18(24)15-5-4-8-30-15)19(25)22-12-6-7-13-14(9-12)29-10-28-13/h4-9H,3,10H2,1-2H3,(H,22,25)(H,23,24). The summed E-state index contributed by atoms with van der Waals surface area (Å²) in [6.07, 6.45) is 0. The van der Waals surface area contributed by atoms with Gasteiger partial charge in [-0.25, -0.2) is 4.79 Å². The number of ether oxygens (including phenoxy) is 3. The average molecular weight is 459 g/mol. The van der Waals surface area contributed by atoms with Crippen LogP contribution in [0.3, 0.4) is 0 Å². The molecule has 0 aliphatic carbocycles. The van der Waals surface area contributed by atoms with Gasteiger partial charge in [0.05, 0.1) is 21.9 Å². The quantitative estimate of drug-likeness (QED) is 0.526. The number of carbonyl (C=O) groups excluding carboxylic acids is 3. The predicted molar refractivity (Wildman–Crippen MR) is 118 cm³/mol. The molecule has 160 valence electrons. The molecule has 3 aromatic rings. The zero-order valence-corrected chi connectivity index (χ0v) is 18.3. The number of anilines is 2. The number of esters is 1. The van der Waals surface area contributed by atoms with E-state index >= 15 is 0 Å². The molecule has 2 amide bonds. The van der Waals surface area contributed by atoms with Gasteiger partial charge < -0.3 is 24.8 Å². The number of hydrogen-bond donors (Lipinski definition) is 2. The van der Waals surface area contributed by atoms with E-state index in [1.807, 2.05) is 0 Å². The minimum Gasteiger partial charge on any atom is -0.462 e. The third kappa shape index (κ3) is 4.25. The van der Waals surface area contributed by atoms with Crippen molar-refractivity contribution in [1.29, 1.82) is 0 Å². The van der Waals surface area contributed by atoms with Gasteiger partial charge in [0.15, 0.2) is 11.5 Å². The van der Waals surface area contributed by atoms with Crippen molar-refractivity contribution in [3.8, 4) is 11.5 Å². The molecule has 0 unspecified atom stereocenters. The number of hydrogen-bond acceptors (Lipinski definition) is 8. The molecule has 1 aliphatic rings. The van der Waals surface area contributed by atoms with Crippen LogP contribution >= 0.6 is 22.7 Å². The van der Waals surface area contributed by atoms with Gasteiger partial charge in [0.1, 0.15) is 5.00 Å². The summed E-state index contributed by atoms with van der Waals surface area (Å²) in [6, 6.07) is 8.50. The number of fused-ring (bicyclic) bond motifs is 1. The van der Waals surface area contributed by atoms with Crippen LogP contribution < -0.4 is 20.1 Å². The van der Waals surface area contributed by atoms with E-state index in [4.69, 9.17) is 14.2 Å². The Kier molecular flexibility index (Phi) is 5.92. The molecule has 0 radical (unpaired) electrons. The number of carbonyl (C=O) groups is 3. The van der Waals surface area contributed by atoms with E-state index in [2.05, 4.69) is 10.6 Å². The second-order valence-electron chi connectivity index (χ2n) is 6.43. The fraction of sp³-hybridized carbons (Fsp3) is 0.190. The summed E-state index contributed by atoms with van der Waals surface area (Å²) in [6.45, 7) is 3.65. The second-order valence-corrected chi connectivity index (χ2v) is 8.40. The molecule has 8 nitrogen and oxygen atoms in total. The summed E-state index contributed by atoms with van der Waals surface area (Å²) in [4.78, 5) is 38.8. The Morgan fingerprint density at radius 1 is 1.10 bits per heavy atom. The zero-order valence-electron chi connectivity index (χ0n) is 16.6. The van der Waals surface area contributed by atoms with Crippen LogP contribution in [-0.4, -0.2) is 31.2 Å². The number of amides is 2. The first-order chi connectivity index (χ1) is 15.0. The minimum absolute atomic E-state index is 0.132. The van der Waals surface area contributed by atoms with Crippen molar-refractivity contribution in [3.63, 3.8) is 0 Å². The first kappa shape index (κ1) is 20.9. The molecule has 1 aromatic carbocycles. The molecule has 0 saturated heterocycles. The van der Waals surface area contributed by atoms with Crippen LogP contribution in [0, 0.1) is 6.92 Å². The van der Waals surface area contributed by atoms with Crippen LogP contribution in [0.4, 0.5) is 10.7 Å². The van der Waals surface area contributed by atoms with E-state index in [1.54, 1.807) is 49.6 Å². The van der Waals surface area contributed by atoms with Gasteiger partial charge in [0.2, 0.25) is 6.79 Å². The zero-order chi connectivity index (χ0) is 22.0. The maximum atomic E-state index is 13.0. The smallest absolute Gasteiger partial charge is 0.341 e. The topological polar surface area (TPSA) is 103 Å². The van der Waals surface area contributed by atoms with Gasteiger partial charge in [0, 0.05) is 11.8 Å².